The van der Waals surface area contributed by atoms with Crippen molar-refractivity contribution in [2.24, 2.45) is 0 Å². The molecule has 108 valence electrons. The van der Waals surface area contributed by atoms with Gasteiger partial charge in [0.25, 0.3) is 5.69 Å². The van der Waals surface area contributed by atoms with Crippen LogP contribution in [0.15, 0.2) is 18.2 Å². The van der Waals surface area contributed by atoms with E-state index in [9.17, 15) is 18.5 Å². The van der Waals surface area contributed by atoms with Crippen LogP contribution in [0.5, 0.6) is 0 Å². The summed E-state index contributed by atoms with van der Waals surface area (Å²) in [5, 5.41) is 22.6. The number of nitrogens with one attached hydrogen (secondary N) is 1. The Morgan fingerprint density at radius 1 is 1.50 bits per heavy atom. The van der Waals surface area contributed by atoms with E-state index in [1.807, 2.05) is 6.07 Å². The molecule has 0 saturated heterocycles. The van der Waals surface area contributed by atoms with Crippen LogP contribution in [0.25, 0.3) is 0 Å². The summed E-state index contributed by atoms with van der Waals surface area (Å²) < 4.78 is 22.2. The summed E-state index contributed by atoms with van der Waals surface area (Å²) in [6.45, 7) is 1.79. The number of anilines is 1. The lowest BCUT2D eigenvalue weighted by molar-refractivity contribution is -0.384. The fourth-order valence-electron chi connectivity index (χ4n) is 1.59. The highest BCUT2D eigenvalue weighted by Crippen LogP contribution is 2.22. The minimum Gasteiger partial charge on any atom is -0.381 e. The number of hydrogen-bond acceptors (Lipinski definition) is 6. The average molecular weight is 297 g/mol. The Hall–Kier alpha value is -2.14. The molecule has 1 rings (SSSR count). The van der Waals surface area contributed by atoms with Gasteiger partial charge in [0.2, 0.25) is 0 Å². The van der Waals surface area contributed by atoms with Crippen LogP contribution in [-0.4, -0.2) is 31.4 Å². The molecule has 1 aromatic carbocycles. The highest BCUT2D eigenvalue weighted by molar-refractivity contribution is 7.90. The first-order valence-electron chi connectivity index (χ1n) is 5.85. The van der Waals surface area contributed by atoms with Crippen molar-refractivity contribution < 1.29 is 13.3 Å². The molecule has 0 heterocycles. The van der Waals surface area contributed by atoms with Crippen LogP contribution in [0.4, 0.5) is 11.4 Å². The van der Waals surface area contributed by atoms with E-state index >= 15 is 0 Å². The van der Waals surface area contributed by atoms with E-state index in [1.165, 1.54) is 18.2 Å². The molecule has 0 saturated carbocycles. The van der Waals surface area contributed by atoms with Crippen LogP contribution in [0.2, 0.25) is 0 Å². The number of nitro benzene ring substituents is 1. The first kappa shape index (κ1) is 15.9. The molecule has 0 bridgehead atoms. The van der Waals surface area contributed by atoms with Gasteiger partial charge in [-0.2, -0.15) is 5.26 Å². The Morgan fingerprint density at radius 3 is 2.65 bits per heavy atom. The highest BCUT2D eigenvalue weighted by atomic mass is 32.2. The second-order valence-corrected chi connectivity index (χ2v) is 6.82. The third-order valence-corrected chi connectivity index (χ3v) is 3.64. The topological polar surface area (TPSA) is 113 Å². The molecule has 0 amide bonds. The van der Waals surface area contributed by atoms with Gasteiger partial charge in [-0.05, 0) is 19.4 Å². The van der Waals surface area contributed by atoms with Crippen molar-refractivity contribution in [2.75, 3.05) is 17.3 Å². The molecule has 0 aliphatic heterocycles. The van der Waals surface area contributed by atoms with Crippen molar-refractivity contribution in [1.29, 1.82) is 5.26 Å². The van der Waals surface area contributed by atoms with E-state index < -0.39 is 14.8 Å². The molecule has 1 atom stereocenters. The Labute approximate surface area is 117 Å². The van der Waals surface area contributed by atoms with E-state index in [2.05, 4.69) is 5.32 Å². The van der Waals surface area contributed by atoms with Crippen molar-refractivity contribution in [1.82, 2.24) is 0 Å². The fourth-order valence-corrected chi connectivity index (χ4v) is 2.37. The monoisotopic (exact) mass is 297 g/mol. The maximum absolute atomic E-state index is 11.1. The number of nitro groups is 1. The molecule has 8 heteroatoms. The summed E-state index contributed by atoms with van der Waals surface area (Å²) in [6.07, 6.45) is 1.55. The van der Waals surface area contributed by atoms with Crippen molar-refractivity contribution in [3.05, 3.63) is 33.9 Å². The quantitative estimate of drug-likeness (QED) is 0.631. The Bertz CT molecular complexity index is 649. The summed E-state index contributed by atoms with van der Waals surface area (Å²) in [5.74, 6) is 0.0377. The summed E-state index contributed by atoms with van der Waals surface area (Å²) in [5.41, 5.74) is 0.459. The van der Waals surface area contributed by atoms with Crippen molar-refractivity contribution in [3.63, 3.8) is 0 Å². The lowest BCUT2D eigenvalue weighted by Gasteiger charge is -2.15. The van der Waals surface area contributed by atoms with Gasteiger partial charge in [-0.1, -0.05) is 0 Å². The van der Waals surface area contributed by atoms with E-state index in [0.29, 0.717) is 12.1 Å². The third kappa shape index (κ3) is 4.85. The zero-order chi connectivity index (χ0) is 15.3. The molecule has 1 aromatic rings. The molecule has 1 N–H and O–H groups in total. The molecule has 7 nitrogen and oxygen atoms in total. The molecule has 0 radical (unpaired) electrons. The smallest absolute Gasteiger partial charge is 0.270 e. The summed E-state index contributed by atoms with van der Waals surface area (Å²) in [7, 11) is -3.04. The van der Waals surface area contributed by atoms with E-state index in [4.69, 9.17) is 5.26 Å². The van der Waals surface area contributed by atoms with Crippen LogP contribution >= 0.6 is 0 Å². The molecule has 0 aliphatic rings. The van der Waals surface area contributed by atoms with E-state index in [0.717, 1.165) is 6.26 Å². The minimum absolute atomic E-state index is 0.0377. The summed E-state index contributed by atoms with van der Waals surface area (Å²) >= 11 is 0. The van der Waals surface area contributed by atoms with Crippen LogP contribution in [0.3, 0.4) is 0 Å². The molecule has 0 spiro atoms. The van der Waals surface area contributed by atoms with Crippen LogP contribution in [0, 0.1) is 21.4 Å². The molecule has 1 unspecified atom stereocenters. The van der Waals surface area contributed by atoms with Gasteiger partial charge in [0.15, 0.2) is 0 Å². The van der Waals surface area contributed by atoms with Gasteiger partial charge in [-0.25, -0.2) is 8.42 Å². The number of sulfone groups is 1. The largest absolute Gasteiger partial charge is 0.381 e. The van der Waals surface area contributed by atoms with Crippen molar-refractivity contribution in [3.8, 4) is 6.07 Å². The summed E-state index contributed by atoms with van der Waals surface area (Å²) in [4.78, 5) is 10.1. The Balaban J connectivity index is 2.82. The lowest BCUT2D eigenvalue weighted by atomic mass is 10.1. The second-order valence-electron chi connectivity index (χ2n) is 4.56. The van der Waals surface area contributed by atoms with Gasteiger partial charge in [-0.3, -0.25) is 10.1 Å². The van der Waals surface area contributed by atoms with Gasteiger partial charge >= 0.3 is 0 Å². The zero-order valence-electron chi connectivity index (χ0n) is 11.2. The summed E-state index contributed by atoms with van der Waals surface area (Å²) in [6, 6.07) is 5.65. The van der Waals surface area contributed by atoms with Crippen LogP contribution < -0.4 is 5.32 Å². The normalized spacial score (nSPS) is 12.4. The SMILES string of the molecule is CC(CCS(C)(=O)=O)Nc1ccc([N+](=O)[O-])cc1C#N. The van der Waals surface area contributed by atoms with Crippen LogP contribution in [-0.2, 0) is 9.84 Å². The number of rotatable bonds is 6. The lowest BCUT2D eigenvalue weighted by Crippen LogP contribution is -2.20. The Kier molecular flexibility index (Phi) is 5.05. The van der Waals surface area contributed by atoms with E-state index in [1.54, 1.807) is 6.92 Å². The van der Waals surface area contributed by atoms with Crippen molar-refractivity contribution >= 4 is 21.2 Å². The predicted molar refractivity (Wildman–Crippen MR) is 75.2 cm³/mol. The number of nitriles is 1. The first-order chi connectivity index (χ1) is 9.23. The van der Waals surface area contributed by atoms with Gasteiger partial charge in [-0.15, -0.1) is 0 Å². The van der Waals surface area contributed by atoms with Gasteiger partial charge in [0.05, 0.1) is 21.9 Å². The van der Waals surface area contributed by atoms with Gasteiger partial charge < -0.3 is 5.32 Å². The van der Waals surface area contributed by atoms with Crippen LogP contribution in [0.1, 0.15) is 18.9 Å². The third-order valence-electron chi connectivity index (χ3n) is 2.66. The molecular formula is C12H15N3O4S. The van der Waals surface area contributed by atoms with Gasteiger partial charge in [0.1, 0.15) is 15.9 Å². The Morgan fingerprint density at radius 2 is 2.15 bits per heavy atom. The number of hydrogen-bond donors (Lipinski definition) is 1. The number of non-ortho nitro benzene ring substituents is 1. The maximum Gasteiger partial charge on any atom is 0.270 e. The zero-order valence-corrected chi connectivity index (χ0v) is 12.0. The number of benzene rings is 1. The fraction of sp³-hybridized carbons (Fsp3) is 0.417. The molecule has 20 heavy (non-hydrogen) atoms. The predicted octanol–water partition coefficient (Wildman–Crippen LogP) is 1.70. The number of nitrogens with zero attached hydrogens (tertiary/aromatic N) is 2. The molecule has 0 aliphatic carbocycles. The van der Waals surface area contributed by atoms with Gasteiger partial charge in [0, 0.05) is 24.4 Å². The highest BCUT2D eigenvalue weighted by Gasteiger charge is 2.13. The van der Waals surface area contributed by atoms with Crippen molar-refractivity contribution in [2.45, 2.75) is 19.4 Å². The minimum atomic E-state index is -3.04. The first-order valence-corrected chi connectivity index (χ1v) is 7.92. The average Bonchev–Trinajstić information content (AvgIpc) is 2.35. The maximum atomic E-state index is 11.1. The molecule has 0 fully saturated rings. The second kappa shape index (κ2) is 6.34. The standard InChI is InChI=1S/C12H15N3O4S/c1-9(5-6-20(2,18)19)14-12-4-3-11(15(16)17)7-10(12)8-13/h3-4,7,9,14H,5-6H2,1-2H3. The van der Waals surface area contributed by atoms with E-state index in [-0.39, 0.29) is 23.0 Å². The molecule has 0 aromatic heterocycles. The molecular weight excluding hydrogens is 282 g/mol.